The van der Waals surface area contributed by atoms with Crippen molar-refractivity contribution in [2.24, 2.45) is 0 Å². The Labute approximate surface area is 119 Å². The van der Waals surface area contributed by atoms with Crippen molar-refractivity contribution in [1.82, 2.24) is 4.72 Å². The number of rotatable bonds is 5. The molecular weight excluding hydrogens is 272 g/mol. The van der Waals surface area contributed by atoms with Gasteiger partial charge in [0.1, 0.15) is 0 Å². The lowest BCUT2D eigenvalue weighted by atomic mass is 10.1. The first-order chi connectivity index (χ1) is 9.51. The molecule has 0 amide bonds. The molecule has 4 nitrogen and oxygen atoms in total. The summed E-state index contributed by atoms with van der Waals surface area (Å²) in [5.41, 5.74) is 3.15. The molecule has 0 saturated carbocycles. The summed E-state index contributed by atoms with van der Waals surface area (Å²) in [6, 6.07) is 15.0. The Balaban J connectivity index is 2.11. The Kier molecular flexibility index (Phi) is 4.42. The number of sulfonamides is 1. The molecule has 0 aliphatic rings. The van der Waals surface area contributed by atoms with Gasteiger partial charge in [0.15, 0.2) is 0 Å². The normalized spacial score (nSPS) is 11.3. The van der Waals surface area contributed by atoms with Crippen molar-refractivity contribution in [2.75, 3.05) is 12.4 Å². The third kappa shape index (κ3) is 3.59. The molecule has 0 atom stereocenters. The minimum atomic E-state index is -3.40. The lowest BCUT2D eigenvalue weighted by Crippen LogP contribution is -2.18. The van der Waals surface area contributed by atoms with E-state index in [0.29, 0.717) is 6.54 Å². The maximum absolute atomic E-state index is 11.7. The second-order valence-electron chi connectivity index (χ2n) is 4.57. The van der Waals surface area contributed by atoms with Crippen LogP contribution in [0.4, 0.5) is 5.69 Å². The molecule has 0 fully saturated rings. The van der Waals surface area contributed by atoms with Crippen LogP contribution in [0.5, 0.6) is 0 Å². The minimum Gasteiger partial charge on any atom is -0.381 e. The summed E-state index contributed by atoms with van der Waals surface area (Å²) in [6.45, 7) is 2.70. The molecule has 106 valence electrons. The van der Waals surface area contributed by atoms with Gasteiger partial charge in [0, 0.05) is 12.2 Å². The molecule has 0 heterocycles. The first-order valence-corrected chi connectivity index (χ1v) is 7.82. The zero-order chi connectivity index (χ0) is 14.6. The molecule has 2 rings (SSSR count). The number of anilines is 1. The highest BCUT2D eigenvalue weighted by Crippen LogP contribution is 2.16. The minimum absolute atomic E-state index is 0.258. The van der Waals surface area contributed by atoms with Crippen LogP contribution >= 0.6 is 0 Å². The molecule has 2 aromatic rings. The summed E-state index contributed by atoms with van der Waals surface area (Å²) in [4.78, 5) is 0.258. The molecule has 0 aromatic heterocycles. The summed E-state index contributed by atoms with van der Waals surface area (Å²) >= 11 is 0. The van der Waals surface area contributed by atoms with Crippen LogP contribution in [0.15, 0.2) is 53.4 Å². The van der Waals surface area contributed by atoms with E-state index in [-0.39, 0.29) is 4.90 Å². The fraction of sp³-hybridized carbons (Fsp3) is 0.200. The highest BCUT2D eigenvalue weighted by atomic mass is 32.2. The van der Waals surface area contributed by atoms with Crippen molar-refractivity contribution in [2.45, 2.75) is 18.4 Å². The summed E-state index contributed by atoms with van der Waals surface area (Å²) in [5, 5.41) is 3.22. The average Bonchev–Trinajstić information content (AvgIpc) is 2.47. The van der Waals surface area contributed by atoms with Gasteiger partial charge < -0.3 is 5.32 Å². The van der Waals surface area contributed by atoms with E-state index in [1.807, 2.05) is 13.0 Å². The largest absolute Gasteiger partial charge is 0.381 e. The summed E-state index contributed by atoms with van der Waals surface area (Å²) in [5.74, 6) is 0. The lowest BCUT2D eigenvalue weighted by molar-refractivity contribution is 0.588. The molecule has 0 unspecified atom stereocenters. The standard InChI is InChI=1S/C15H18N2O2S/c1-12-6-8-13(9-7-12)11-17-14-4-3-5-15(10-14)20(18,19)16-2/h3-10,16-17H,11H2,1-2H3. The monoisotopic (exact) mass is 290 g/mol. The van der Waals surface area contributed by atoms with Gasteiger partial charge in [0.05, 0.1) is 4.90 Å². The van der Waals surface area contributed by atoms with Gasteiger partial charge in [-0.05, 0) is 37.7 Å². The third-order valence-electron chi connectivity index (χ3n) is 3.03. The topological polar surface area (TPSA) is 58.2 Å². The van der Waals surface area contributed by atoms with E-state index in [0.717, 1.165) is 11.3 Å². The Morgan fingerprint density at radius 3 is 2.40 bits per heavy atom. The van der Waals surface area contributed by atoms with E-state index in [1.54, 1.807) is 18.2 Å². The van der Waals surface area contributed by atoms with Crippen LogP contribution in [0, 0.1) is 6.92 Å². The lowest BCUT2D eigenvalue weighted by Gasteiger charge is -2.09. The molecule has 20 heavy (non-hydrogen) atoms. The van der Waals surface area contributed by atoms with Crippen LogP contribution in [0.2, 0.25) is 0 Å². The Hall–Kier alpha value is -1.85. The second-order valence-corrected chi connectivity index (χ2v) is 6.46. The van der Waals surface area contributed by atoms with Crippen LogP contribution in [0.1, 0.15) is 11.1 Å². The Morgan fingerprint density at radius 1 is 1.05 bits per heavy atom. The van der Waals surface area contributed by atoms with E-state index in [1.165, 1.54) is 12.6 Å². The zero-order valence-corrected chi connectivity index (χ0v) is 12.4. The van der Waals surface area contributed by atoms with E-state index < -0.39 is 10.0 Å². The number of hydrogen-bond donors (Lipinski definition) is 2. The van der Waals surface area contributed by atoms with Gasteiger partial charge >= 0.3 is 0 Å². The SMILES string of the molecule is CNS(=O)(=O)c1cccc(NCc2ccc(C)cc2)c1. The van der Waals surface area contributed by atoms with Gasteiger partial charge in [-0.1, -0.05) is 35.9 Å². The molecule has 0 aliphatic carbocycles. The van der Waals surface area contributed by atoms with Crippen molar-refractivity contribution in [3.05, 3.63) is 59.7 Å². The predicted molar refractivity (Wildman–Crippen MR) is 81.2 cm³/mol. The van der Waals surface area contributed by atoms with Gasteiger partial charge in [-0.25, -0.2) is 13.1 Å². The first kappa shape index (κ1) is 14.6. The van der Waals surface area contributed by atoms with Gasteiger partial charge in [-0.3, -0.25) is 0 Å². The molecule has 2 N–H and O–H groups in total. The molecule has 0 spiro atoms. The van der Waals surface area contributed by atoms with Gasteiger partial charge in [-0.15, -0.1) is 0 Å². The number of nitrogens with one attached hydrogen (secondary N) is 2. The fourth-order valence-corrected chi connectivity index (χ4v) is 2.58. The molecule has 0 aliphatic heterocycles. The highest BCUT2D eigenvalue weighted by molar-refractivity contribution is 7.89. The summed E-state index contributed by atoms with van der Waals surface area (Å²) in [7, 11) is -1.99. The van der Waals surface area contributed by atoms with Crippen LogP contribution < -0.4 is 10.0 Å². The maximum Gasteiger partial charge on any atom is 0.240 e. The molecule has 0 radical (unpaired) electrons. The molecular formula is C15H18N2O2S. The zero-order valence-electron chi connectivity index (χ0n) is 11.6. The van der Waals surface area contributed by atoms with Crippen LogP contribution in [0.3, 0.4) is 0 Å². The number of benzene rings is 2. The summed E-state index contributed by atoms with van der Waals surface area (Å²) < 4.78 is 25.8. The van der Waals surface area contributed by atoms with Crippen LogP contribution in [-0.2, 0) is 16.6 Å². The second kappa shape index (κ2) is 6.07. The van der Waals surface area contributed by atoms with E-state index in [4.69, 9.17) is 0 Å². The maximum atomic E-state index is 11.7. The molecule has 0 saturated heterocycles. The Bertz CT molecular complexity index is 679. The van der Waals surface area contributed by atoms with Gasteiger partial charge in [0.25, 0.3) is 0 Å². The molecule has 2 aromatic carbocycles. The first-order valence-electron chi connectivity index (χ1n) is 6.34. The van der Waals surface area contributed by atoms with Crippen LogP contribution in [-0.4, -0.2) is 15.5 Å². The quantitative estimate of drug-likeness (QED) is 0.889. The van der Waals surface area contributed by atoms with Crippen LogP contribution in [0.25, 0.3) is 0 Å². The average molecular weight is 290 g/mol. The fourth-order valence-electron chi connectivity index (χ4n) is 1.80. The van der Waals surface area contributed by atoms with Crippen molar-refractivity contribution >= 4 is 15.7 Å². The smallest absolute Gasteiger partial charge is 0.240 e. The van der Waals surface area contributed by atoms with Crippen molar-refractivity contribution in [3.63, 3.8) is 0 Å². The van der Waals surface area contributed by atoms with Gasteiger partial charge in [-0.2, -0.15) is 0 Å². The van der Waals surface area contributed by atoms with Crippen molar-refractivity contribution in [1.29, 1.82) is 0 Å². The van der Waals surface area contributed by atoms with E-state index >= 15 is 0 Å². The third-order valence-corrected chi connectivity index (χ3v) is 4.44. The van der Waals surface area contributed by atoms with E-state index in [9.17, 15) is 8.42 Å². The number of aryl methyl sites for hydroxylation is 1. The van der Waals surface area contributed by atoms with E-state index in [2.05, 4.69) is 34.3 Å². The summed E-state index contributed by atoms with van der Waals surface area (Å²) in [6.07, 6.45) is 0. The van der Waals surface area contributed by atoms with Crippen molar-refractivity contribution in [3.8, 4) is 0 Å². The molecule has 5 heteroatoms. The Morgan fingerprint density at radius 2 is 1.75 bits per heavy atom. The number of hydrogen-bond acceptors (Lipinski definition) is 3. The molecule has 0 bridgehead atoms. The predicted octanol–water partition coefficient (Wildman–Crippen LogP) is 2.52. The van der Waals surface area contributed by atoms with Gasteiger partial charge in [0.2, 0.25) is 10.0 Å². The highest BCUT2D eigenvalue weighted by Gasteiger charge is 2.11. The van der Waals surface area contributed by atoms with Crippen molar-refractivity contribution < 1.29 is 8.42 Å².